The van der Waals surface area contributed by atoms with Gasteiger partial charge in [0.2, 0.25) is 12.3 Å². The molecular formula is C26H28N2O4. The standard InChI is InChI=1S/C26H28N2O4/c29-20-27-17-25(26(30)28-15-16-31-18-21-7-3-1-4-8-21)23-11-13-24(14-12-23)32-19-22-9-5-2-6-10-22/h1-14,20,25H,15-19H2,(H,27,29)(H,28,30). The molecule has 3 rings (SSSR count). The lowest BCUT2D eigenvalue weighted by Crippen LogP contribution is -2.36. The first kappa shape index (κ1) is 23.0. The number of amides is 2. The number of nitrogens with one attached hydrogen (secondary N) is 2. The highest BCUT2D eigenvalue weighted by Gasteiger charge is 2.20. The van der Waals surface area contributed by atoms with Gasteiger partial charge < -0.3 is 20.1 Å². The van der Waals surface area contributed by atoms with Crippen molar-refractivity contribution in [2.75, 3.05) is 19.7 Å². The second-order valence-corrected chi connectivity index (χ2v) is 7.25. The lowest BCUT2D eigenvalue weighted by molar-refractivity contribution is -0.122. The summed E-state index contributed by atoms with van der Waals surface area (Å²) in [5, 5.41) is 5.49. The van der Waals surface area contributed by atoms with Gasteiger partial charge in [0.1, 0.15) is 12.4 Å². The minimum Gasteiger partial charge on any atom is -0.489 e. The van der Waals surface area contributed by atoms with Crippen molar-refractivity contribution in [3.05, 3.63) is 102 Å². The van der Waals surface area contributed by atoms with Crippen molar-refractivity contribution in [3.8, 4) is 5.75 Å². The Bertz CT molecular complexity index is 947. The predicted octanol–water partition coefficient (Wildman–Crippen LogP) is 3.43. The second-order valence-electron chi connectivity index (χ2n) is 7.25. The summed E-state index contributed by atoms with van der Waals surface area (Å²) < 4.78 is 11.4. The van der Waals surface area contributed by atoms with Crippen molar-refractivity contribution in [1.82, 2.24) is 10.6 Å². The van der Waals surface area contributed by atoms with E-state index in [-0.39, 0.29) is 12.5 Å². The molecule has 3 aromatic carbocycles. The number of carbonyl (C=O) groups is 2. The van der Waals surface area contributed by atoms with Crippen molar-refractivity contribution in [2.45, 2.75) is 19.1 Å². The summed E-state index contributed by atoms with van der Waals surface area (Å²) >= 11 is 0. The molecule has 0 saturated heterocycles. The average molecular weight is 433 g/mol. The molecule has 0 heterocycles. The molecule has 0 spiro atoms. The van der Waals surface area contributed by atoms with E-state index in [9.17, 15) is 9.59 Å². The Balaban J connectivity index is 1.49. The number of ether oxygens (including phenoxy) is 2. The average Bonchev–Trinajstić information content (AvgIpc) is 2.85. The Hall–Kier alpha value is -3.64. The molecule has 0 saturated carbocycles. The summed E-state index contributed by atoms with van der Waals surface area (Å²) in [6.07, 6.45) is 0.598. The van der Waals surface area contributed by atoms with Crippen LogP contribution in [0.25, 0.3) is 0 Å². The smallest absolute Gasteiger partial charge is 0.229 e. The summed E-state index contributed by atoms with van der Waals surface area (Å²) in [6, 6.07) is 27.1. The van der Waals surface area contributed by atoms with Gasteiger partial charge in [0.25, 0.3) is 0 Å². The largest absolute Gasteiger partial charge is 0.489 e. The van der Waals surface area contributed by atoms with Gasteiger partial charge in [0.15, 0.2) is 0 Å². The molecule has 166 valence electrons. The van der Waals surface area contributed by atoms with Crippen molar-refractivity contribution in [1.29, 1.82) is 0 Å². The van der Waals surface area contributed by atoms with Gasteiger partial charge >= 0.3 is 0 Å². The molecule has 0 bridgehead atoms. The van der Waals surface area contributed by atoms with E-state index in [4.69, 9.17) is 9.47 Å². The zero-order valence-electron chi connectivity index (χ0n) is 17.9. The summed E-state index contributed by atoms with van der Waals surface area (Å²) in [4.78, 5) is 23.5. The van der Waals surface area contributed by atoms with Crippen molar-refractivity contribution < 1.29 is 19.1 Å². The third-order valence-electron chi connectivity index (χ3n) is 4.91. The fourth-order valence-corrected chi connectivity index (χ4v) is 3.20. The van der Waals surface area contributed by atoms with E-state index in [0.717, 1.165) is 22.4 Å². The number of hydrogen-bond donors (Lipinski definition) is 2. The van der Waals surface area contributed by atoms with Crippen LogP contribution in [0.4, 0.5) is 0 Å². The number of benzene rings is 3. The summed E-state index contributed by atoms with van der Waals surface area (Å²) in [6.45, 7) is 1.98. The predicted molar refractivity (Wildman–Crippen MR) is 123 cm³/mol. The van der Waals surface area contributed by atoms with E-state index < -0.39 is 5.92 Å². The minimum absolute atomic E-state index is 0.166. The van der Waals surface area contributed by atoms with Crippen LogP contribution in [0.1, 0.15) is 22.6 Å². The minimum atomic E-state index is -0.502. The highest BCUT2D eigenvalue weighted by molar-refractivity contribution is 5.84. The molecule has 0 fully saturated rings. The molecule has 6 heteroatoms. The maximum absolute atomic E-state index is 12.7. The van der Waals surface area contributed by atoms with Crippen molar-refractivity contribution >= 4 is 12.3 Å². The van der Waals surface area contributed by atoms with Gasteiger partial charge in [0, 0.05) is 13.1 Å². The molecule has 0 aliphatic carbocycles. The van der Waals surface area contributed by atoms with Gasteiger partial charge in [-0.25, -0.2) is 0 Å². The van der Waals surface area contributed by atoms with Crippen molar-refractivity contribution in [2.24, 2.45) is 0 Å². The maximum atomic E-state index is 12.7. The third-order valence-corrected chi connectivity index (χ3v) is 4.91. The number of carbonyl (C=O) groups excluding carboxylic acids is 2. The van der Waals surface area contributed by atoms with Crippen LogP contribution in [0.5, 0.6) is 5.75 Å². The van der Waals surface area contributed by atoms with Crippen LogP contribution in [-0.2, 0) is 27.5 Å². The van der Waals surface area contributed by atoms with Gasteiger partial charge in [-0.1, -0.05) is 72.8 Å². The molecule has 0 radical (unpaired) electrons. The van der Waals surface area contributed by atoms with Crippen LogP contribution < -0.4 is 15.4 Å². The van der Waals surface area contributed by atoms with Gasteiger partial charge in [-0.05, 0) is 28.8 Å². The lowest BCUT2D eigenvalue weighted by Gasteiger charge is -2.17. The summed E-state index contributed by atoms with van der Waals surface area (Å²) in [5.41, 5.74) is 2.97. The van der Waals surface area contributed by atoms with Crippen LogP contribution in [-0.4, -0.2) is 32.0 Å². The normalized spacial score (nSPS) is 11.4. The van der Waals surface area contributed by atoms with E-state index >= 15 is 0 Å². The Morgan fingerprint density at radius 1 is 0.844 bits per heavy atom. The second kappa shape index (κ2) is 12.9. The first-order valence-corrected chi connectivity index (χ1v) is 10.6. The SMILES string of the molecule is O=CNCC(C(=O)NCCOCc1ccccc1)c1ccc(OCc2ccccc2)cc1. The van der Waals surface area contributed by atoms with E-state index in [1.54, 1.807) is 0 Å². The molecule has 32 heavy (non-hydrogen) atoms. The maximum Gasteiger partial charge on any atom is 0.229 e. The van der Waals surface area contributed by atoms with Gasteiger partial charge in [-0.3, -0.25) is 9.59 Å². The summed E-state index contributed by atoms with van der Waals surface area (Å²) in [5.74, 6) is 0.0486. The first-order chi connectivity index (χ1) is 15.8. The van der Waals surface area contributed by atoms with Crippen LogP contribution in [0.2, 0.25) is 0 Å². The summed E-state index contributed by atoms with van der Waals surface area (Å²) in [7, 11) is 0. The first-order valence-electron chi connectivity index (χ1n) is 10.6. The third kappa shape index (κ3) is 7.56. The Labute approximate surface area is 188 Å². The van der Waals surface area contributed by atoms with Gasteiger partial charge in [-0.2, -0.15) is 0 Å². The van der Waals surface area contributed by atoms with Crippen molar-refractivity contribution in [3.63, 3.8) is 0 Å². The van der Waals surface area contributed by atoms with E-state index in [2.05, 4.69) is 10.6 Å². The molecule has 6 nitrogen and oxygen atoms in total. The highest BCUT2D eigenvalue weighted by atomic mass is 16.5. The Morgan fingerprint density at radius 3 is 2.09 bits per heavy atom. The van der Waals surface area contributed by atoms with Gasteiger partial charge in [0.05, 0.1) is 19.1 Å². The molecule has 1 unspecified atom stereocenters. The molecule has 0 aromatic heterocycles. The monoisotopic (exact) mass is 432 g/mol. The van der Waals surface area contributed by atoms with E-state index in [1.807, 2.05) is 84.9 Å². The van der Waals surface area contributed by atoms with Gasteiger partial charge in [-0.15, -0.1) is 0 Å². The fourth-order valence-electron chi connectivity index (χ4n) is 3.20. The number of hydrogen-bond acceptors (Lipinski definition) is 4. The molecule has 1 atom stereocenters. The quantitative estimate of drug-likeness (QED) is 0.321. The Kier molecular flexibility index (Phi) is 9.30. The Morgan fingerprint density at radius 2 is 1.47 bits per heavy atom. The molecule has 0 aliphatic rings. The van der Waals surface area contributed by atoms with E-state index in [1.165, 1.54) is 0 Å². The molecule has 0 aliphatic heterocycles. The molecule has 2 N–H and O–H groups in total. The highest BCUT2D eigenvalue weighted by Crippen LogP contribution is 2.20. The van der Waals surface area contributed by atoms with Crippen LogP contribution >= 0.6 is 0 Å². The zero-order chi connectivity index (χ0) is 22.4. The number of rotatable bonds is 13. The van der Waals surface area contributed by atoms with Crippen LogP contribution in [0, 0.1) is 0 Å². The fraction of sp³-hybridized carbons (Fsp3) is 0.231. The van der Waals surface area contributed by atoms with Crippen LogP contribution in [0.15, 0.2) is 84.9 Å². The zero-order valence-corrected chi connectivity index (χ0v) is 17.9. The lowest BCUT2D eigenvalue weighted by atomic mass is 9.98. The molecule has 2 amide bonds. The topological polar surface area (TPSA) is 76.7 Å². The van der Waals surface area contributed by atoms with Crippen LogP contribution in [0.3, 0.4) is 0 Å². The molecule has 3 aromatic rings. The molecular weight excluding hydrogens is 404 g/mol. The van der Waals surface area contributed by atoms with E-state index in [0.29, 0.717) is 32.8 Å².